The molecule has 0 nitrogen and oxygen atoms in total. The van der Waals surface area contributed by atoms with Crippen molar-refractivity contribution in [1.82, 2.24) is 0 Å². The van der Waals surface area contributed by atoms with E-state index in [0.29, 0.717) is 0 Å². The van der Waals surface area contributed by atoms with Gasteiger partial charge in [-0.1, -0.05) is 0 Å². The molecular weight excluding hydrogens is 274 g/mol. The SMILES string of the molecule is CCCC[CH2][SnH2][C](C)(Cl)Cl. The van der Waals surface area contributed by atoms with Crippen molar-refractivity contribution in [3.63, 3.8) is 0 Å². The van der Waals surface area contributed by atoms with Gasteiger partial charge in [-0.15, -0.1) is 0 Å². The van der Waals surface area contributed by atoms with E-state index in [2.05, 4.69) is 6.92 Å². The van der Waals surface area contributed by atoms with Crippen molar-refractivity contribution < 1.29 is 0 Å². The van der Waals surface area contributed by atoms with Crippen LogP contribution in [0.25, 0.3) is 0 Å². The van der Waals surface area contributed by atoms with Crippen LogP contribution in [0.1, 0.15) is 33.1 Å². The molecule has 0 aliphatic carbocycles. The van der Waals surface area contributed by atoms with Gasteiger partial charge >= 0.3 is 84.2 Å². The average Bonchev–Trinajstić information content (AvgIpc) is 1.78. The van der Waals surface area contributed by atoms with Crippen LogP contribution in [-0.2, 0) is 0 Å². The summed E-state index contributed by atoms with van der Waals surface area (Å²) >= 11 is 10.9. The van der Waals surface area contributed by atoms with E-state index in [0.717, 1.165) is 0 Å². The van der Waals surface area contributed by atoms with E-state index in [1.165, 1.54) is 23.7 Å². The van der Waals surface area contributed by atoms with Gasteiger partial charge in [0.25, 0.3) is 0 Å². The van der Waals surface area contributed by atoms with Gasteiger partial charge in [0, 0.05) is 0 Å². The normalized spacial score (nSPS) is 13.2. The van der Waals surface area contributed by atoms with Crippen LogP contribution < -0.4 is 0 Å². The van der Waals surface area contributed by atoms with Crippen molar-refractivity contribution in [3.8, 4) is 0 Å². The van der Waals surface area contributed by atoms with E-state index in [4.69, 9.17) is 23.2 Å². The zero-order valence-electron chi connectivity index (χ0n) is 6.79. The Kier molecular flexibility index (Phi) is 6.78. The summed E-state index contributed by atoms with van der Waals surface area (Å²) in [6.07, 6.45) is 4.00. The van der Waals surface area contributed by atoms with Gasteiger partial charge in [0.15, 0.2) is 0 Å². The molecule has 0 aromatic heterocycles. The predicted molar refractivity (Wildman–Crippen MR) is 53.0 cm³/mol. The van der Waals surface area contributed by atoms with E-state index >= 15 is 0 Å². The molecular formula is C7H16Cl2Sn. The molecule has 0 aliphatic heterocycles. The van der Waals surface area contributed by atoms with Gasteiger partial charge in [0.2, 0.25) is 0 Å². The first kappa shape index (κ1) is 11.4. The fourth-order valence-electron chi connectivity index (χ4n) is 0.862. The van der Waals surface area contributed by atoms with E-state index < -0.39 is 21.1 Å². The molecule has 3 heteroatoms. The van der Waals surface area contributed by atoms with E-state index in [1.54, 1.807) is 0 Å². The molecule has 0 radical (unpaired) electrons. The molecule has 0 atom stereocenters. The summed E-state index contributed by atoms with van der Waals surface area (Å²) in [5, 5.41) is 0. The Morgan fingerprint density at radius 1 is 1.30 bits per heavy atom. The van der Waals surface area contributed by atoms with Crippen LogP contribution in [0.3, 0.4) is 0 Å². The fourth-order valence-corrected chi connectivity index (χ4v) is 6.15. The van der Waals surface area contributed by atoms with E-state index in [-0.39, 0.29) is 2.35 Å². The number of hydrogen-bond acceptors (Lipinski definition) is 0. The topological polar surface area (TPSA) is 0 Å². The summed E-state index contributed by atoms with van der Waals surface area (Å²) in [7, 11) is 0. The second-order valence-electron chi connectivity index (χ2n) is 2.88. The van der Waals surface area contributed by atoms with Crippen molar-refractivity contribution >= 4 is 44.3 Å². The molecule has 0 saturated carbocycles. The molecule has 0 unspecified atom stereocenters. The number of unbranched alkanes of at least 4 members (excludes halogenated alkanes) is 2. The first-order valence-corrected chi connectivity index (χ1v) is 9.57. The van der Waals surface area contributed by atoms with Crippen molar-refractivity contribution in [2.24, 2.45) is 0 Å². The van der Waals surface area contributed by atoms with Crippen LogP contribution in [-0.4, -0.2) is 23.5 Å². The summed E-state index contributed by atoms with van der Waals surface area (Å²) in [6.45, 7) is 4.16. The Labute approximate surface area is 83.9 Å². The third-order valence-corrected chi connectivity index (χ3v) is 8.95. The Bertz CT molecular complexity index is 78.2. The molecule has 62 valence electrons. The average molecular weight is 290 g/mol. The molecule has 0 N–H and O–H groups in total. The minimum atomic E-state index is -0.830. The van der Waals surface area contributed by atoms with Crippen molar-refractivity contribution in [2.75, 3.05) is 0 Å². The molecule has 0 heterocycles. The van der Waals surface area contributed by atoms with Gasteiger partial charge in [0.1, 0.15) is 0 Å². The Hall–Kier alpha value is 1.38. The minimum absolute atomic E-state index is 0.296. The van der Waals surface area contributed by atoms with Gasteiger partial charge < -0.3 is 0 Å². The summed E-state index contributed by atoms with van der Waals surface area (Å²) in [5.41, 5.74) is 0. The van der Waals surface area contributed by atoms with Crippen molar-refractivity contribution in [2.45, 2.75) is 39.9 Å². The van der Waals surface area contributed by atoms with Crippen LogP contribution in [0.2, 0.25) is 4.44 Å². The Morgan fingerprint density at radius 3 is 2.30 bits per heavy atom. The number of hydrogen-bond donors (Lipinski definition) is 0. The summed E-state index contributed by atoms with van der Waals surface area (Å²) in [4.78, 5) is 0. The second-order valence-corrected chi connectivity index (χ2v) is 14.8. The summed E-state index contributed by atoms with van der Waals surface area (Å²) < 4.78 is 1.06. The molecule has 0 aromatic carbocycles. The van der Waals surface area contributed by atoms with Gasteiger partial charge in [-0.25, -0.2) is 0 Å². The zero-order valence-corrected chi connectivity index (χ0v) is 12.3. The number of alkyl halides is 2. The monoisotopic (exact) mass is 290 g/mol. The van der Waals surface area contributed by atoms with Gasteiger partial charge in [0.05, 0.1) is 0 Å². The van der Waals surface area contributed by atoms with Crippen LogP contribution >= 0.6 is 23.2 Å². The summed E-state index contributed by atoms with van der Waals surface area (Å²) in [6, 6.07) is 0. The van der Waals surface area contributed by atoms with Crippen LogP contribution in [0.5, 0.6) is 0 Å². The molecule has 0 amide bonds. The Morgan fingerprint density at radius 2 is 1.90 bits per heavy atom. The molecule has 0 aromatic rings. The van der Waals surface area contributed by atoms with Crippen molar-refractivity contribution in [3.05, 3.63) is 0 Å². The quantitative estimate of drug-likeness (QED) is 0.415. The van der Waals surface area contributed by atoms with Gasteiger partial charge in [-0.05, 0) is 0 Å². The third-order valence-electron chi connectivity index (χ3n) is 1.47. The number of halogens is 2. The predicted octanol–water partition coefficient (Wildman–Crippen LogP) is 2.92. The van der Waals surface area contributed by atoms with Crippen LogP contribution in [0, 0.1) is 0 Å². The van der Waals surface area contributed by atoms with Crippen molar-refractivity contribution in [1.29, 1.82) is 0 Å². The molecule has 0 saturated heterocycles. The van der Waals surface area contributed by atoms with Gasteiger partial charge in [-0.2, -0.15) is 0 Å². The van der Waals surface area contributed by atoms with E-state index in [1.807, 2.05) is 6.92 Å². The maximum atomic E-state index is 5.87. The third kappa shape index (κ3) is 9.38. The maximum absolute atomic E-state index is 5.87. The molecule has 0 spiro atoms. The van der Waals surface area contributed by atoms with E-state index in [9.17, 15) is 0 Å². The van der Waals surface area contributed by atoms with Crippen LogP contribution in [0.4, 0.5) is 0 Å². The fraction of sp³-hybridized carbons (Fsp3) is 1.00. The molecule has 0 bridgehead atoms. The Balaban J connectivity index is 3.04. The zero-order chi connectivity index (χ0) is 8.04. The number of rotatable bonds is 5. The molecule has 0 aliphatic rings. The standard InChI is InChI=1S/C5H11.C2H3Cl2.Sn.2H/c1-3-5-4-2;1-2(3)4;;;/h1,3-5H2,2H3;1H3;;;. The first-order valence-electron chi connectivity index (χ1n) is 3.94. The van der Waals surface area contributed by atoms with Crippen LogP contribution in [0.15, 0.2) is 0 Å². The molecule has 10 heavy (non-hydrogen) atoms. The summed E-state index contributed by atoms with van der Waals surface area (Å²) in [5.74, 6) is 0. The first-order chi connectivity index (χ1) is 4.56. The molecule has 0 fully saturated rings. The van der Waals surface area contributed by atoms with Gasteiger partial charge in [-0.3, -0.25) is 0 Å². The second kappa shape index (κ2) is 5.96. The molecule has 0 rings (SSSR count).